The van der Waals surface area contributed by atoms with Crippen molar-refractivity contribution in [3.05, 3.63) is 46.5 Å². The first-order chi connectivity index (χ1) is 15.3. The smallest absolute Gasteiger partial charge is 0.276 e. The maximum atomic E-state index is 13.6. The molecule has 1 aromatic heterocycles. The first kappa shape index (κ1) is 22.3. The predicted octanol–water partition coefficient (Wildman–Crippen LogP) is 2.24. The summed E-state index contributed by atoms with van der Waals surface area (Å²) in [5, 5.41) is 5.98. The molecule has 0 bridgehead atoms. The number of fused-ring (bicyclic) bond motifs is 1. The van der Waals surface area contributed by atoms with E-state index in [0.717, 1.165) is 18.4 Å². The van der Waals surface area contributed by atoms with Gasteiger partial charge >= 0.3 is 0 Å². The molecule has 1 fully saturated rings. The number of methoxy groups -OCH3 is 1. The van der Waals surface area contributed by atoms with Gasteiger partial charge in [0.15, 0.2) is 5.69 Å². The van der Waals surface area contributed by atoms with Gasteiger partial charge in [0.1, 0.15) is 11.2 Å². The Labute approximate surface area is 191 Å². The van der Waals surface area contributed by atoms with Crippen LogP contribution in [0, 0.1) is 6.92 Å². The fourth-order valence-corrected chi connectivity index (χ4v) is 4.36. The van der Waals surface area contributed by atoms with E-state index in [9.17, 15) is 14.4 Å². The van der Waals surface area contributed by atoms with Crippen molar-refractivity contribution in [1.82, 2.24) is 19.8 Å². The third kappa shape index (κ3) is 3.98. The molecule has 2 N–H and O–H groups in total. The van der Waals surface area contributed by atoms with Crippen LogP contribution in [0.15, 0.2) is 24.5 Å². The highest BCUT2D eigenvalue weighted by Crippen LogP contribution is 2.39. The van der Waals surface area contributed by atoms with Gasteiger partial charge in [-0.15, -0.1) is 0 Å². The summed E-state index contributed by atoms with van der Waals surface area (Å²) >= 11 is 6.24. The lowest BCUT2D eigenvalue weighted by Gasteiger charge is -2.44. The number of carbonyl (C=O) groups is 3. The number of rotatable bonds is 7. The van der Waals surface area contributed by atoms with Gasteiger partial charge in [-0.05, 0) is 44.4 Å². The molecule has 1 aliphatic carbocycles. The maximum absolute atomic E-state index is 13.6. The third-order valence-electron chi connectivity index (χ3n) is 5.85. The van der Waals surface area contributed by atoms with E-state index in [0.29, 0.717) is 23.9 Å². The van der Waals surface area contributed by atoms with Gasteiger partial charge in [0.05, 0.1) is 30.2 Å². The van der Waals surface area contributed by atoms with E-state index in [1.165, 1.54) is 6.33 Å². The molecule has 170 valence electrons. The van der Waals surface area contributed by atoms with Crippen LogP contribution in [-0.2, 0) is 16.1 Å². The quantitative estimate of drug-likeness (QED) is 0.618. The van der Waals surface area contributed by atoms with Crippen molar-refractivity contribution in [2.24, 2.45) is 0 Å². The molecule has 1 unspecified atom stereocenters. The van der Waals surface area contributed by atoms with Crippen molar-refractivity contribution < 1.29 is 19.1 Å². The van der Waals surface area contributed by atoms with E-state index in [1.54, 1.807) is 35.6 Å². The lowest BCUT2D eigenvalue weighted by atomic mass is 9.94. The van der Waals surface area contributed by atoms with Gasteiger partial charge in [-0.2, -0.15) is 0 Å². The van der Waals surface area contributed by atoms with Crippen molar-refractivity contribution in [2.45, 2.75) is 44.8 Å². The minimum Gasteiger partial charge on any atom is -0.383 e. The SMILES string of the molecule is COCCNC(=O)C1(C)Cn2cnc(C(=O)Nc3ccc(C)cc3Cl)c2C(=O)N1C1CC1. The second-order valence-corrected chi connectivity index (χ2v) is 8.84. The molecule has 1 saturated carbocycles. The fourth-order valence-electron chi connectivity index (χ4n) is 4.08. The van der Waals surface area contributed by atoms with Gasteiger partial charge in [-0.3, -0.25) is 14.4 Å². The van der Waals surface area contributed by atoms with Gasteiger partial charge < -0.3 is 24.8 Å². The number of nitrogens with one attached hydrogen (secondary N) is 2. The summed E-state index contributed by atoms with van der Waals surface area (Å²) in [5.74, 6) is -1.16. The second-order valence-electron chi connectivity index (χ2n) is 8.44. The number of amides is 3. The zero-order valence-corrected chi connectivity index (χ0v) is 19.0. The molecule has 3 amide bonds. The summed E-state index contributed by atoms with van der Waals surface area (Å²) in [5.41, 5.74) is 0.506. The molecule has 1 atom stereocenters. The van der Waals surface area contributed by atoms with Crippen LogP contribution in [0.25, 0.3) is 0 Å². The molecule has 1 aliphatic heterocycles. The van der Waals surface area contributed by atoms with Crippen LogP contribution in [0.5, 0.6) is 0 Å². The number of aromatic nitrogens is 2. The summed E-state index contributed by atoms with van der Waals surface area (Å²) in [6, 6.07) is 5.25. The Bertz CT molecular complexity index is 1080. The number of carbonyl (C=O) groups excluding carboxylic acids is 3. The van der Waals surface area contributed by atoms with Crippen LogP contribution in [0.3, 0.4) is 0 Å². The van der Waals surface area contributed by atoms with Crippen LogP contribution in [0.2, 0.25) is 5.02 Å². The average molecular weight is 460 g/mol. The van der Waals surface area contributed by atoms with Crippen molar-refractivity contribution in [3.8, 4) is 0 Å². The standard InChI is InChI=1S/C22H26ClN5O4/c1-13-4-7-16(15(23)10-13)26-19(29)17-18-20(30)28(14-5-6-14)22(2,11-27(18)12-25-17)21(31)24-8-9-32-3/h4,7,10,12,14H,5-6,8-9,11H2,1-3H3,(H,24,31)(H,26,29). The summed E-state index contributed by atoms with van der Waals surface area (Å²) < 4.78 is 6.59. The highest BCUT2D eigenvalue weighted by molar-refractivity contribution is 6.34. The Morgan fingerprint density at radius 2 is 2.09 bits per heavy atom. The summed E-state index contributed by atoms with van der Waals surface area (Å²) in [6.45, 7) is 4.58. The number of hydrogen-bond donors (Lipinski definition) is 2. The van der Waals surface area contributed by atoms with Crippen molar-refractivity contribution >= 4 is 35.0 Å². The Morgan fingerprint density at radius 1 is 1.34 bits per heavy atom. The Balaban J connectivity index is 1.63. The zero-order chi connectivity index (χ0) is 23.0. The molecule has 0 radical (unpaired) electrons. The topological polar surface area (TPSA) is 106 Å². The minimum absolute atomic E-state index is 0.0131. The van der Waals surface area contributed by atoms with Crippen LogP contribution < -0.4 is 10.6 Å². The molecule has 32 heavy (non-hydrogen) atoms. The molecule has 1 aromatic carbocycles. The van der Waals surface area contributed by atoms with E-state index in [1.807, 2.05) is 13.0 Å². The molecular weight excluding hydrogens is 434 g/mol. The first-order valence-electron chi connectivity index (χ1n) is 10.5. The lowest BCUT2D eigenvalue weighted by molar-refractivity contribution is -0.133. The summed E-state index contributed by atoms with van der Waals surface area (Å²) in [4.78, 5) is 45.4. The Hall–Kier alpha value is -2.91. The number of aryl methyl sites for hydroxylation is 1. The van der Waals surface area contributed by atoms with Crippen molar-refractivity contribution in [1.29, 1.82) is 0 Å². The van der Waals surface area contributed by atoms with Crippen molar-refractivity contribution in [2.75, 3.05) is 25.6 Å². The molecule has 9 nitrogen and oxygen atoms in total. The number of halogens is 1. The van der Waals surface area contributed by atoms with Crippen LogP contribution in [0.4, 0.5) is 5.69 Å². The lowest BCUT2D eigenvalue weighted by Crippen LogP contribution is -2.65. The number of hydrogen-bond acceptors (Lipinski definition) is 5. The van der Waals surface area contributed by atoms with E-state index >= 15 is 0 Å². The van der Waals surface area contributed by atoms with Gasteiger partial charge in [0.25, 0.3) is 11.8 Å². The monoisotopic (exact) mass is 459 g/mol. The molecular formula is C22H26ClN5O4. The van der Waals surface area contributed by atoms with Gasteiger partial charge in [-0.1, -0.05) is 17.7 Å². The summed E-state index contributed by atoms with van der Waals surface area (Å²) in [6.07, 6.45) is 3.08. The molecule has 2 aromatic rings. The Morgan fingerprint density at radius 3 is 2.75 bits per heavy atom. The molecule has 0 spiro atoms. The summed E-state index contributed by atoms with van der Waals surface area (Å²) in [7, 11) is 1.56. The van der Waals surface area contributed by atoms with E-state index < -0.39 is 11.4 Å². The van der Waals surface area contributed by atoms with E-state index in [4.69, 9.17) is 16.3 Å². The van der Waals surface area contributed by atoms with Crippen LogP contribution in [-0.4, -0.2) is 64.0 Å². The number of anilines is 1. The highest BCUT2D eigenvalue weighted by atomic mass is 35.5. The predicted molar refractivity (Wildman–Crippen MR) is 119 cm³/mol. The van der Waals surface area contributed by atoms with Gasteiger partial charge in [0, 0.05) is 19.7 Å². The van der Waals surface area contributed by atoms with E-state index in [2.05, 4.69) is 15.6 Å². The number of ether oxygens (including phenoxy) is 1. The maximum Gasteiger partial charge on any atom is 0.276 e. The van der Waals surface area contributed by atoms with Crippen LogP contribution >= 0.6 is 11.6 Å². The van der Waals surface area contributed by atoms with Crippen LogP contribution in [0.1, 0.15) is 46.3 Å². The van der Waals surface area contributed by atoms with Gasteiger partial charge in [-0.25, -0.2) is 4.98 Å². The number of benzene rings is 1. The minimum atomic E-state index is -1.09. The fraction of sp³-hybridized carbons (Fsp3) is 0.455. The zero-order valence-electron chi connectivity index (χ0n) is 18.3. The third-order valence-corrected chi connectivity index (χ3v) is 6.16. The molecule has 0 saturated heterocycles. The second kappa shape index (κ2) is 8.55. The average Bonchev–Trinajstić information content (AvgIpc) is 3.48. The number of nitrogens with zero attached hydrogens (tertiary/aromatic N) is 3. The molecule has 2 aliphatic rings. The highest BCUT2D eigenvalue weighted by Gasteiger charge is 2.53. The largest absolute Gasteiger partial charge is 0.383 e. The molecule has 4 rings (SSSR count). The van der Waals surface area contributed by atoms with E-state index in [-0.39, 0.29) is 35.8 Å². The molecule has 2 heterocycles. The van der Waals surface area contributed by atoms with Gasteiger partial charge in [0.2, 0.25) is 5.91 Å². The molecule has 10 heteroatoms. The first-order valence-corrected chi connectivity index (χ1v) is 10.9. The normalized spacial score (nSPS) is 20.1. The Kier molecular flexibility index (Phi) is 5.96. The van der Waals surface area contributed by atoms with Crippen molar-refractivity contribution in [3.63, 3.8) is 0 Å². The number of imidazole rings is 1.